The second-order valence-electron chi connectivity index (χ2n) is 6.08. The third kappa shape index (κ3) is 2.92. The minimum absolute atomic E-state index is 0.0355. The Morgan fingerprint density at radius 1 is 1.52 bits per heavy atom. The molecule has 2 N–H and O–H groups in total. The molecule has 2 heterocycles. The van der Waals surface area contributed by atoms with Crippen LogP contribution in [-0.2, 0) is 0 Å². The molecule has 2 atom stereocenters. The molecule has 0 radical (unpaired) electrons. The Morgan fingerprint density at radius 2 is 2.30 bits per heavy atom. The Kier molecular flexibility index (Phi) is 4.04. The molecular weight excluding hydrogens is 298 g/mol. The van der Waals surface area contributed by atoms with E-state index in [-0.39, 0.29) is 17.5 Å². The molecule has 2 aromatic rings. The second-order valence-corrected chi connectivity index (χ2v) is 6.08. The van der Waals surface area contributed by atoms with Gasteiger partial charge >= 0.3 is 0 Å². The summed E-state index contributed by atoms with van der Waals surface area (Å²) in [6.07, 6.45) is 2.91. The van der Waals surface area contributed by atoms with Gasteiger partial charge in [-0.2, -0.15) is 0 Å². The number of carbonyl (C=O) groups excluding carboxylic acids is 1. The van der Waals surface area contributed by atoms with Crippen molar-refractivity contribution in [2.24, 2.45) is 5.92 Å². The van der Waals surface area contributed by atoms with Crippen molar-refractivity contribution in [3.05, 3.63) is 40.1 Å². The van der Waals surface area contributed by atoms with Crippen LogP contribution in [0.2, 0.25) is 0 Å². The lowest BCUT2D eigenvalue weighted by molar-refractivity contribution is -0.384. The fourth-order valence-corrected chi connectivity index (χ4v) is 3.16. The van der Waals surface area contributed by atoms with Gasteiger partial charge in [0.1, 0.15) is 0 Å². The number of hydrogen-bond donors (Lipinski definition) is 2. The van der Waals surface area contributed by atoms with Crippen LogP contribution in [0.3, 0.4) is 0 Å². The highest BCUT2D eigenvalue weighted by molar-refractivity contribution is 6.07. The lowest BCUT2D eigenvalue weighted by Crippen LogP contribution is -2.42. The van der Waals surface area contributed by atoms with Crippen LogP contribution in [0.25, 0.3) is 10.9 Å². The number of nitrogens with one attached hydrogen (secondary N) is 1. The van der Waals surface area contributed by atoms with Crippen LogP contribution < -0.4 is 0 Å². The van der Waals surface area contributed by atoms with Crippen LogP contribution in [0.4, 0.5) is 5.69 Å². The van der Waals surface area contributed by atoms with Crippen molar-refractivity contribution in [1.29, 1.82) is 0 Å². The van der Waals surface area contributed by atoms with Crippen LogP contribution in [0.5, 0.6) is 0 Å². The molecule has 1 fully saturated rings. The zero-order valence-electron chi connectivity index (χ0n) is 12.9. The number of fused-ring (bicyclic) bond motifs is 1. The van der Waals surface area contributed by atoms with E-state index in [1.807, 2.05) is 0 Å². The summed E-state index contributed by atoms with van der Waals surface area (Å²) in [4.78, 5) is 28.0. The zero-order valence-corrected chi connectivity index (χ0v) is 12.9. The van der Waals surface area contributed by atoms with E-state index < -0.39 is 11.0 Å². The molecule has 1 aliphatic rings. The van der Waals surface area contributed by atoms with Gasteiger partial charge in [-0.15, -0.1) is 0 Å². The quantitative estimate of drug-likeness (QED) is 0.670. The van der Waals surface area contributed by atoms with Gasteiger partial charge in [0.25, 0.3) is 11.6 Å². The van der Waals surface area contributed by atoms with E-state index in [1.165, 1.54) is 12.1 Å². The van der Waals surface area contributed by atoms with Crippen LogP contribution in [0.1, 0.15) is 30.1 Å². The number of nitro groups is 1. The molecule has 1 saturated heterocycles. The van der Waals surface area contributed by atoms with Crippen LogP contribution in [0, 0.1) is 16.0 Å². The molecule has 0 saturated carbocycles. The molecule has 1 aromatic heterocycles. The summed E-state index contributed by atoms with van der Waals surface area (Å²) >= 11 is 0. The van der Waals surface area contributed by atoms with Crippen molar-refractivity contribution < 1.29 is 14.8 Å². The van der Waals surface area contributed by atoms with E-state index in [9.17, 15) is 20.0 Å². The number of piperidine rings is 1. The van der Waals surface area contributed by atoms with Gasteiger partial charge in [0.2, 0.25) is 0 Å². The van der Waals surface area contributed by atoms with Gasteiger partial charge in [-0.3, -0.25) is 14.9 Å². The standard InChI is InChI=1S/C16H19N3O4/c1-10(20)11-3-2-6-18(9-11)16(21)14-8-17-15-5-4-12(19(22)23)7-13(14)15/h4-5,7-8,10-11,17,20H,2-3,6,9H2,1H3. The number of rotatable bonds is 3. The molecule has 1 aromatic carbocycles. The summed E-state index contributed by atoms with van der Waals surface area (Å²) in [5, 5.41) is 21.3. The van der Waals surface area contributed by atoms with Crippen molar-refractivity contribution in [3.8, 4) is 0 Å². The summed E-state index contributed by atoms with van der Waals surface area (Å²) in [5.41, 5.74) is 1.10. The first-order valence-electron chi connectivity index (χ1n) is 7.70. The van der Waals surface area contributed by atoms with Gasteiger partial charge in [-0.1, -0.05) is 0 Å². The van der Waals surface area contributed by atoms with Crippen LogP contribution in [-0.4, -0.2) is 45.0 Å². The van der Waals surface area contributed by atoms with E-state index in [0.717, 1.165) is 12.8 Å². The predicted octanol–water partition coefficient (Wildman–Crippen LogP) is 2.31. The number of hydrogen-bond acceptors (Lipinski definition) is 4. The summed E-state index contributed by atoms with van der Waals surface area (Å²) in [6.45, 7) is 2.90. The van der Waals surface area contributed by atoms with Crippen LogP contribution >= 0.6 is 0 Å². The molecule has 122 valence electrons. The monoisotopic (exact) mass is 317 g/mol. The first-order chi connectivity index (χ1) is 11.0. The maximum Gasteiger partial charge on any atom is 0.270 e. The highest BCUT2D eigenvalue weighted by atomic mass is 16.6. The molecule has 3 rings (SSSR count). The van der Waals surface area contributed by atoms with Crippen molar-refractivity contribution in [2.75, 3.05) is 13.1 Å². The molecule has 0 spiro atoms. The van der Waals surface area contributed by atoms with Gasteiger partial charge < -0.3 is 15.0 Å². The smallest absolute Gasteiger partial charge is 0.270 e. The Balaban J connectivity index is 1.91. The summed E-state index contributed by atoms with van der Waals surface area (Å²) in [6, 6.07) is 4.45. The number of non-ortho nitro benzene ring substituents is 1. The number of aromatic nitrogens is 1. The van der Waals surface area contributed by atoms with Gasteiger partial charge in [-0.05, 0) is 25.8 Å². The van der Waals surface area contributed by atoms with Crippen molar-refractivity contribution in [2.45, 2.75) is 25.9 Å². The maximum atomic E-state index is 12.8. The van der Waals surface area contributed by atoms with Crippen molar-refractivity contribution >= 4 is 22.5 Å². The van der Waals surface area contributed by atoms with E-state index >= 15 is 0 Å². The van der Waals surface area contributed by atoms with Gasteiger partial charge in [0, 0.05) is 48.2 Å². The minimum Gasteiger partial charge on any atom is -0.393 e. The number of aromatic amines is 1. The second kappa shape index (κ2) is 6.00. The fourth-order valence-electron chi connectivity index (χ4n) is 3.16. The molecular formula is C16H19N3O4. The number of aliphatic hydroxyl groups is 1. The Hall–Kier alpha value is -2.41. The fraction of sp³-hybridized carbons (Fsp3) is 0.438. The zero-order chi connectivity index (χ0) is 16.6. The average molecular weight is 317 g/mol. The molecule has 23 heavy (non-hydrogen) atoms. The largest absolute Gasteiger partial charge is 0.393 e. The molecule has 1 amide bonds. The maximum absolute atomic E-state index is 12.8. The van der Waals surface area contributed by atoms with E-state index in [4.69, 9.17) is 0 Å². The predicted molar refractivity (Wildman–Crippen MR) is 85.3 cm³/mol. The van der Waals surface area contributed by atoms with E-state index in [1.54, 1.807) is 24.1 Å². The Bertz CT molecular complexity index is 753. The summed E-state index contributed by atoms with van der Waals surface area (Å²) < 4.78 is 0. The van der Waals surface area contributed by atoms with E-state index in [0.29, 0.717) is 29.6 Å². The lowest BCUT2D eigenvalue weighted by Gasteiger charge is -2.34. The molecule has 2 unspecified atom stereocenters. The Labute approximate surface area is 133 Å². The highest BCUT2D eigenvalue weighted by Crippen LogP contribution is 2.27. The Morgan fingerprint density at radius 3 is 3.00 bits per heavy atom. The van der Waals surface area contributed by atoms with Gasteiger partial charge in [-0.25, -0.2) is 0 Å². The van der Waals surface area contributed by atoms with Crippen LogP contribution in [0.15, 0.2) is 24.4 Å². The first-order valence-corrected chi connectivity index (χ1v) is 7.70. The average Bonchev–Trinajstić information content (AvgIpc) is 2.97. The molecule has 0 aliphatic carbocycles. The third-order valence-electron chi connectivity index (χ3n) is 4.53. The topological polar surface area (TPSA) is 99.5 Å². The number of nitrogens with zero attached hydrogens (tertiary/aromatic N) is 2. The summed E-state index contributed by atoms with van der Waals surface area (Å²) in [5.74, 6) is -0.0747. The lowest BCUT2D eigenvalue weighted by atomic mass is 9.93. The molecule has 7 nitrogen and oxygen atoms in total. The minimum atomic E-state index is -0.467. The van der Waals surface area contributed by atoms with E-state index in [2.05, 4.69) is 4.98 Å². The highest BCUT2D eigenvalue weighted by Gasteiger charge is 2.28. The molecule has 7 heteroatoms. The van der Waals surface area contributed by atoms with Gasteiger partial charge in [0.15, 0.2) is 0 Å². The van der Waals surface area contributed by atoms with Gasteiger partial charge in [0.05, 0.1) is 16.6 Å². The normalized spacial score (nSPS) is 19.7. The number of aliphatic hydroxyl groups excluding tert-OH is 1. The number of amides is 1. The molecule has 0 bridgehead atoms. The SMILES string of the molecule is CC(O)C1CCCN(C(=O)c2c[nH]c3ccc([N+](=O)[O-])cc23)C1. The number of carbonyl (C=O) groups is 1. The number of likely N-dealkylation sites (tertiary alicyclic amines) is 1. The molecule has 1 aliphatic heterocycles. The van der Waals surface area contributed by atoms with Crippen molar-refractivity contribution in [1.82, 2.24) is 9.88 Å². The number of nitro benzene ring substituents is 1. The third-order valence-corrected chi connectivity index (χ3v) is 4.53. The van der Waals surface area contributed by atoms with Crippen molar-refractivity contribution in [3.63, 3.8) is 0 Å². The number of benzene rings is 1. The first kappa shape index (κ1) is 15.5. The number of H-pyrrole nitrogens is 1. The summed E-state index contributed by atoms with van der Waals surface area (Å²) in [7, 11) is 0.